The van der Waals surface area contributed by atoms with Gasteiger partial charge in [-0.25, -0.2) is 19.2 Å². The van der Waals surface area contributed by atoms with Crippen LogP contribution in [0.2, 0.25) is 0 Å². The summed E-state index contributed by atoms with van der Waals surface area (Å²) in [4.78, 5) is 44.7. The average Bonchev–Trinajstić information content (AvgIpc) is 3.14. The van der Waals surface area contributed by atoms with Gasteiger partial charge < -0.3 is 28.4 Å². The van der Waals surface area contributed by atoms with Crippen LogP contribution in [0.15, 0.2) is 104 Å². The number of benzene rings is 3. The van der Waals surface area contributed by atoms with E-state index in [9.17, 15) is 19.2 Å². The molecule has 10 nitrogen and oxygen atoms in total. The molecule has 0 aliphatic heterocycles. The fourth-order valence-corrected chi connectivity index (χ4v) is 4.05. The number of aryl methyl sites for hydroxylation is 2. The van der Waals surface area contributed by atoms with Crippen molar-refractivity contribution in [1.29, 1.82) is 0 Å². The van der Waals surface area contributed by atoms with E-state index in [0.29, 0.717) is 32.2 Å². The van der Waals surface area contributed by atoms with Crippen molar-refractivity contribution in [2.45, 2.75) is 39.5 Å². The molecule has 0 aliphatic carbocycles. The SMILES string of the molecule is C=CC(=O)OCCCCOc1ccc(/C=C/C(=O)OC)cc1.C=CC(=O)OCCCCOc1ccc(/C=C/C(=O)Oc2ccc(C)cc2C)cc1. The van der Waals surface area contributed by atoms with Gasteiger partial charge in [-0.1, -0.05) is 55.1 Å². The van der Waals surface area contributed by atoms with E-state index in [2.05, 4.69) is 17.9 Å². The molecule has 0 bridgehead atoms. The largest absolute Gasteiger partial charge is 0.494 e. The van der Waals surface area contributed by atoms with E-state index in [0.717, 1.165) is 71.6 Å². The van der Waals surface area contributed by atoms with Gasteiger partial charge in [0.1, 0.15) is 17.2 Å². The lowest BCUT2D eigenvalue weighted by atomic mass is 10.1. The van der Waals surface area contributed by atoms with Gasteiger partial charge in [-0.3, -0.25) is 0 Å². The van der Waals surface area contributed by atoms with Gasteiger partial charge in [-0.2, -0.15) is 0 Å². The van der Waals surface area contributed by atoms with Gasteiger partial charge in [-0.05, 0) is 98.7 Å². The lowest BCUT2D eigenvalue weighted by Gasteiger charge is -2.07. The van der Waals surface area contributed by atoms with E-state index < -0.39 is 23.9 Å². The zero-order valence-electron chi connectivity index (χ0n) is 29.5. The van der Waals surface area contributed by atoms with E-state index in [1.165, 1.54) is 19.3 Å². The van der Waals surface area contributed by atoms with E-state index in [1.807, 2.05) is 74.5 Å². The van der Waals surface area contributed by atoms with Crippen LogP contribution in [0.3, 0.4) is 0 Å². The fraction of sp³-hybridized carbons (Fsp3) is 0.268. The second kappa shape index (κ2) is 24.3. The van der Waals surface area contributed by atoms with Crippen molar-refractivity contribution in [2.75, 3.05) is 33.5 Å². The minimum atomic E-state index is -0.422. The highest BCUT2D eigenvalue weighted by molar-refractivity contribution is 5.89. The normalized spacial score (nSPS) is 10.4. The summed E-state index contributed by atoms with van der Waals surface area (Å²) in [5.74, 6) is 0.422. The number of ether oxygens (including phenoxy) is 6. The van der Waals surface area contributed by atoms with Gasteiger partial charge in [-0.15, -0.1) is 0 Å². The topological polar surface area (TPSA) is 124 Å². The molecule has 0 atom stereocenters. The molecule has 0 amide bonds. The molecular formula is C41H46O10. The molecule has 0 fully saturated rings. The van der Waals surface area contributed by atoms with Crippen LogP contribution in [0.25, 0.3) is 12.2 Å². The Kier molecular flexibility index (Phi) is 19.6. The van der Waals surface area contributed by atoms with Crippen molar-refractivity contribution in [3.05, 3.63) is 126 Å². The van der Waals surface area contributed by atoms with Gasteiger partial charge in [0, 0.05) is 24.3 Å². The fourth-order valence-electron chi connectivity index (χ4n) is 4.05. The summed E-state index contributed by atoms with van der Waals surface area (Å²) < 4.78 is 30.8. The molecule has 51 heavy (non-hydrogen) atoms. The summed E-state index contributed by atoms with van der Waals surface area (Å²) in [7, 11) is 1.34. The van der Waals surface area contributed by atoms with Crippen molar-refractivity contribution in [3.8, 4) is 17.2 Å². The molecule has 0 spiro atoms. The molecule has 3 rings (SSSR count). The average molecular weight is 699 g/mol. The number of rotatable bonds is 19. The van der Waals surface area contributed by atoms with Crippen LogP contribution in [-0.4, -0.2) is 57.4 Å². The molecule has 10 heteroatoms. The summed E-state index contributed by atoms with van der Waals surface area (Å²) in [6, 6.07) is 20.4. The number of carbonyl (C=O) groups is 4. The Labute approximate surface area is 300 Å². The first-order valence-electron chi connectivity index (χ1n) is 16.4. The Balaban J connectivity index is 0.000000368. The van der Waals surface area contributed by atoms with Crippen molar-refractivity contribution in [1.82, 2.24) is 0 Å². The lowest BCUT2D eigenvalue weighted by molar-refractivity contribution is -0.138. The smallest absolute Gasteiger partial charge is 0.336 e. The van der Waals surface area contributed by atoms with Crippen molar-refractivity contribution in [2.24, 2.45) is 0 Å². The summed E-state index contributed by atoms with van der Waals surface area (Å²) in [5.41, 5.74) is 3.80. The molecule has 0 saturated carbocycles. The third kappa shape index (κ3) is 18.4. The minimum Gasteiger partial charge on any atom is -0.494 e. The van der Waals surface area contributed by atoms with Crippen LogP contribution in [0.4, 0.5) is 0 Å². The molecule has 0 heterocycles. The number of hydrogen-bond acceptors (Lipinski definition) is 10. The molecule has 3 aromatic rings. The standard InChI is InChI=1S/C24H26O5.C17H20O5/c1-4-23(25)28-16-6-5-15-27-21-11-8-20(9-12-21)10-14-24(26)29-22-13-7-18(2)17-19(22)3;1-3-16(18)22-13-5-4-12-21-15-9-6-14(7-10-15)8-11-17(19)20-2/h4,7-14,17H,1,5-6,15-16H2,2-3H3;3,6-11H,1,4-5,12-13H2,2H3/b14-10+;11-8+. The van der Waals surface area contributed by atoms with Gasteiger partial charge >= 0.3 is 23.9 Å². The van der Waals surface area contributed by atoms with Crippen molar-refractivity contribution < 1.29 is 47.6 Å². The molecule has 0 saturated heterocycles. The molecule has 0 N–H and O–H groups in total. The van der Waals surface area contributed by atoms with Crippen LogP contribution in [-0.2, 0) is 33.4 Å². The maximum Gasteiger partial charge on any atom is 0.336 e. The summed E-state index contributed by atoms with van der Waals surface area (Å²) >= 11 is 0. The van der Waals surface area contributed by atoms with Crippen LogP contribution in [0.1, 0.15) is 47.9 Å². The third-order valence-corrected chi connectivity index (χ3v) is 6.76. The minimum absolute atomic E-state index is 0.357. The van der Waals surface area contributed by atoms with Crippen LogP contribution >= 0.6 is 0 Å². The number of methoxy groups -OCH3 is 1. The van der Waals surface area contributed by atoms with Crippen molar-refractivity contribution in [3.63, 3.8) is 0 Å². The van der Waals surface area contributed by atoms with E-state index in [4.69, 9.17) is 23.7 Å². The van der Waals surface area contributed by atoms with Gasteiger partial charge in [0.05, 0.1) is 33.5 Å². The first-order chi connectivity index (χ1) is 24.6. The summed E-state index contributed by atoms with van der Waals surface area (Å²) in [6.45, 7) is 12.4. The second-order valence-corrected chi connectivity index (χ2v) is 10.9. The zero-order valence-corrected chi connectivity index (χ0v) is 29.5. The molecule has 270 valence electrons. The van der Waals surface area contributed by atoms with E-state index >= 15 is 0 Å². The first-order valence-corrected chi connectivity index (χ1v) is 16.4. The Hall–Kier alpha value is -5.90. The van der Waals surface area contributed by atoms with Crippen LogP contribution in [0, 0.1) is 13.8 Å². The number of hydrogen-bond donors (Lipinski definition) is 0. The molecular weight excluding hydrogens is 652 g/mol. The highest BCUT2D eigenvalue weighted by Crippen LogP contribution is 2.19. The molecule has 0 radical (unpaired) electrons. The van der Waals surface area contributed by atoms with E-state index in [1.54, 1.807) is 18.2 Å². The monoisotopic (exact) mass is 698 g/mol. The molecule has 3 aromatic carbocycles. The number of unbranched alkanes of at least 4 members (excludes halogenated alkanes) is 2. The van der Waals surface area contributed by atoms with Crippen LogP contribution in [0.5, 0.6) is 17.2 Å². The van der Waals surface area contributed by atoms with E-state index in [-0.39, 0.29) is 0 Å². The van der Waals surface area contributed by atoms with Gasteiger partial charge in [0.25, 0.3) is 0 Å². The molecule has 0 aliphatic rings. The molecule has 0 aromatic heterocycles. The molecule has 0 unspecified atom stereocenters. The second-order valence-electron chi connectivity index (χ2n) is 10.9. The Morgan fingerprint density at radius 1 is 0.588 bits per heavy atom. The van der Waals surface area contributed by atoms with Crippen LogP contribution < -0.4 is 14.2 Å². The highest BCUT2D eigenvalue weighted by atomic mass is 16.5. The van der Waals surface area contributed by atoms with Gasteiger partial charge in [0.2, 0.25) is 0 Å². The lowest BCUT2D eigenvalue weighted by Crippen LogP contribution is -2.05. The zero-order chi connectivity index (χ0) is 37.3. The van der Waals surface area contributed by atoms with Gasteiger partial charge in [0.15, 0.2) is 0 Å². The summed E-state index contributed by atoms with van der Waals surface area (Å²) in [5, 5.41) is 0. The Morgan fingerprint density at radius 2 is 1.04 bits per heavy atom. The number of carbonyl (C=O) groups excluding carboxylic acids is 4. The number of esters is 4. The Bertz CT molecular complexity index is 1620. The maximum absolute atomic E-state index is 12.0. The predicted molar refractivity (Wildman–Crippen MR) is 196 cm³/mol. The third-order valence-electron chi connectivity index (χ3n) is 6.76. The van der Waals surface area contributed by atoms with Crippen molar-refractivity contribution >= 4 is 36.0 Å². The Morgan fingerprint density at radius 3 is 1.47 bits per heavy atom. The maximum atomic E-state index is 12.0. The quantitative estimate of drug-likeness (QED) is 0.0407. The first kappa shape index (κ1) is 41.3. The summed E-state index contributed by atoms with van der Waals surface area (Å²) in [6.07, 6.45) is 11.4. The predicted octanol–water partition coefficient (Wildman–Crippen LogP) is 7.57. The highest BCUT2D eigenvalue weighted by Gasteiger charge is 2.05.